The van der Waals surface area contributed by atoms with Gasteiger partial charge >= 0.3 is 5.97 Å². The van der Waals surface area contributed by atoms with Crippen molar-refractivity contribution >= 4 is 23.2 Å². The first-order valence-corrected chi connectivity index (χ1v) is 3.78. The highest BCUT2D eigenvalue weighted by molar-refractivity contribution is 6.33. The molecule has 6 heteroatoms. The van der Waals surface area contributed by atoms with E-state index in [0.29, 0.717) is 10.7 Å². The minimum Gasteiger partial charge on any atom is -0.476 e. The van der Waals surface area contributed by atoms with Gasteiger partial charge in [-0.25, -0.2) is 14.8 Å². The van der Waals surface area contributed by atoms with Crippen LogP contribution >= 0.6 is 11.6 Å². The molecule has 0 radical (unpaired) electrons. The van der Waals surface area contributed by atoms with Crippen LogP contribution < -0.4 is 0 Å². The van der Waals surface area contributed by atoms with E-state index >= 15 is 0 Å². The summed E-state index contributed by atoms with van der Waals surface area (Å²) in [6.07, 6.45) is 4.21. The molecule has 0 amide bonds. The molecule has 0 unspecified atom stereocenters. The fraction of sp³-hybridized carbons (Fsp3) is 0. The van der Waals surface area contributed by atoms with Gasteiger partial charge in [0, 0.05) is 6.20 Å². The fourth-order valence-electron chi connectivity index (χ4n) is 0.990. The van der Waals surface area contributed by atoms with Crippen molar-refractivity contribution in [3.05, 3.63) is 29.4 Å². The molecule has 0 aromatic carbocycles. The number of rotatable bonds is 1. The maximum absolute atomic E-state index is 10.5. The average Bonchev–Trinajstić information content (AvgIpc) is 2.49. The van der Waals surface area contributed by atoms with Crippen molar-refractivity contribution in [2.24, 2.45) is 0 Å². The molecule has 0 aliphatic carbocycles. The number of carboxylic acids is 1. The van der Waals surface area contributed by atoms with Crippen LogP contribution in [0.2, 0.25) is 5.02 Å². The van der Waals surface area contributed by atoms with Crippen LogP contribution in [-0.4, -0.2) is 25.4 Å². The van der Waals surface area contributed by atoms with Gasteiger partial charge in [-0.2, -0.15) is 0 Å². The highest BCUT2D eigenvalue weighted by atomic mass is 35.5. The van der Waals surface area contributed by atoms with Gasteiger partial charge in [-0.3, -0.25) is 4.40 Å². The van der Waals surface area contributed by atoms with E-state index in [2.05, 4.69) is 9.97 Å². The number of nitrogens with zero attached hydrogens (tertiary/aromatic N) is 3. The van der Waals surface area contributed by atoms with Crippen LogP contribution in [0, 0.1) is 0 Å². The number of aromatic nitrogens is 3. The van der Waals surface area contributed by atoms with Crippen LogP contribution in [0.15, 0.2) is 18.7 Å². The zero-order chi connectivity index (χ0) is 9.42. The van der Waals surface area contributed by atoms with E-state index in [1.165, 1.54) is 23.1 Å². The molecule has 0 saturated heterocycles. The summed E-state index contributed by atoms with van der Waals surface area (Å²) in [6.45, 7) is 0. The van der Waals surface area contributed by atoms with E-state index in [1.54, 1.807) is 0 Å². The summed E-state index contributed by atoms with van der Waals surface area (Å²) in [6, 6.07) is 0. The second-order valence-electron chi connectivity index (χ2n) is 2.40. The van der Waals surface area contributed by atoms with Gasteiger partial charge in [-0.1, -0.05) is 11.6 Å². The molecule has 0 aliphatic heterocycles. The Balaban J connectivity index is 2.75. The smallest absolute Gasteiger partial charge is 0.356 e. The summed E-state index contributed by atoms with van der Waals surface area (Å²) < 4.78 is 1.46. The molecule has 13 heavy (non-hydrogen) atoms. The predicted octanol–water partition coefficient (Wildman–Crippen LogP) is 1.08. The monoisotopic (exact) mass is 197 g/mol. The summed E-state index contributed by atoms with van der Waals surface area (Å²) >= 11 is 5.74. The van der Waals surface area contributed by atoms with Gasteiger partial charge in [-0.15, -0.1) is 0 Å². The third-order valence-corrected chi connectivity index (χ3v) is 1.81. The van der Waals surface area contributed by atoms with E-state index in [1.807, 2.05) is 0 Å². The van der Waals surface area contributed by atoms with Crippen LogP contribution in [-0.2, 0) is 0 Å². The number of hydrogen-bond donors (Lipinski definition) is 1. The highest BCUT2D eigenvalue weighted by Crippen LogP contribution is 2.14. The zero-order valence-electron chi connectivity index (χ0n) is 6.31. The average molecular weight is 198 g/mol. The Morgan fingerprint density at radius 2 is 2.38 bits per heavy atom. The lowest BCUT2D eigenvalue weighted by molar-refractivity contribution is 0.0691. The molecule has 66 valence electrons. The molecule has 0 fully saturated rings. The van der Waals surface area contributed by atoms with E-state index in [9.17, 15) is 4.79 Å². The largest absolute Gasteiger partial charge is 0.476 e. The normalized spacial score (nSPS) is 10.5. The highest BCUT2D eigenvalue weighted by Gasteiger charge is 2.10. The molecule has 2 aromatic rings. The lowest BCUT2D eigenvalue weighted by Gasteiger charge is -1.91. The van der Waals surface area contributed by atoms with Crippen molar-refractivity contribution in [1.29, 1.82) is 0 Å². The molecular formula is C7H4ClN3O2. The van der Waals surface area contributed by atoms with Gasteiger partial charge < -0.3 is 5.11 Å². The van der Waals surface area contributed by atoms with E-state index in [4.69, 9.17) is 16.7 Å². The van der Waals surface area contributed by atoms with Gasteiger partial charge in [0.1, 0.15) is 11.3 Å². The van der Waals surface area contributed by atoms with Crippen LogP contribution in [0.1, 0.15) is 10.5 Å². The summed E-state index contributed by atoms with van der Waals surface area (Å²) in [5, 5.41) is 8.97. The van der Waals surface area contributed by atoms with Crippen molar-refractivity contribution in [2.45, 2.75) is 0 Å². The lowest BCUT2D eigenvalue weighted by Crippen LogP contribution is -1.94. The molecule has 2 rings (SSSR count). The van der Waals surface area contributed by atoms with Crippen molar-refractivity contribution in [3.63, 3.8) is 0 Å². The quantitative estimate of drug-likeness (QED) is 0.743. The van der Waals surface area contributed by atoms with E-state index < -0.39 is 5.97 Å². The first kappa shape index (κ1) is 8.00. The first-order valence-electron chi connectivity index (χ1n) is 3.40. The maximum Gasteiger partial charge on any atom is 0.356 e. The standard InChI is InChI=1S/C7H4ClN3O2/c8-4-1-9-3-11-2-5(7(12)13)10-6(4)11/h1-3H,(H,12,13). The fourth-order valence-corrected chi connectivity index (χ4v) is 1.19. The Bertz CT molecular complexity index is 480. The lowest BCUT2D eigenvalue weighted by atomic mass is 10.5. The molecule has 0 aliphatic rings. The second kappa shape index (κ2) is 2.70. The minimum atomic E-state index is -1.08. The van der Waals surface area contributed by atoms with Gasteiger partial charge in [-0.05, 0) is 0 Å². The molecule has 0 bridgehead atoms. The van der Waals surface area contributed by atoms with Gasteiger partial charge in [0.2, 0.25) is 0 Å². The summed E-state index contributed by atoms with van der Waals surface area (Å²) in [7, 11) is 0. The van der Waals surface area contributed by atoms with Crippen LogP contribution in [0.25, 0.3) is 5.65 Å². The molecule has 0 spiro atoms. The van der Waals surface area contributed by atoms with Gasteiger partial charge in [0.25, 0.3) is 0 Å². The van der Waals surface area contributed by atoms with Gasteiger partial charge in [0.05, 0.1) is 6.20 Å². The Labute approximate surface area is 77.6 Å². The Morgan fingerprint density at radius 3 is 3.00 bits per heavy atom. The maximum atomic E-state index is 10.5. The van der Waals surface area contributed by atoms with Crippen LogP contribution in [0.4, 0.5) is 0 Å². The van der Waals surface area contributed by atoms with E-state index in [0.717, 1.165) is 0 Å². The molecule has 2 heterocycles. The molecule has 0 saturated carbocycles. The summed E-state index contributed by atoms with van der Waals surface area (Å²) in [5.41, 5.74) is 0.351. The number of carboxylic acid groups (broad SMARTS) is 1. The third kappa shape index (κ3) is 1.23. The van der Waals surface area contributed by atoms with Gasteiger partial charge in [0.15, 0.2) is 11.3 Å². The Hall–Kier alpha value is -1.62. The SMILES string of the molecule is O=C(O)c1cn2cncc(Cl)c2n1. The zero-order valence-corrected chi connectivity index (χ0v) is 7.06. The van der Waals surface area contributed by atoms with Crippen molar-refractivity contribution in [2.75, 3.05) is 0 Å². The van der Waals surface area contributed by atoms with E-state index in [-0.39, 0.29) is 5.69 Å². The van der Waals surface area contributed by atoms with Crippen LogP contribution in [0.3, 0.4) is 0 Å². The first-order chi connectivity index (χ1) is 6.18. The summed E-state index contributed by atoms with van der Waals surface area (Å²) in [4.78, 5) is 18.1. The third-order valence-electron chi connectivity index (χ3n) is 1.54. The molecule has 0 atom stereocenters. The minimum absolute atomic E-state index is 0.0464. The number of halogens is 1. The number of hydrogen-bond acceptors (Lipinski definition) is 3. The van der Waals surface area contributed by atoms with Crippen molar-refractivity contribution in [1.82, 2.24) is 14.4 Å². The van der Waals surface area contributed by atoms with Crippen molar-refractivity contribution in [3.8, 4) is 0 Å². The summed E-state index contributed by atoms with van der Waals surface area (Å²) in [5.74, 6) is -1.08. The Kier molecular flexibility index (Phi) is 1.66. The number of imidazole rings is 1. The molecular weight excluding hydrogens is 194 g/mol. The van der Waals surface area contributed by atoms with Crippen LogP contribution in [0.5, 0.6) is 0 Å². The topological polar surface area (TPSA) is 67.5 Å². The molecule has 1 N–H and O–H groups in total. The second-order valence-corrected chi connectivity index (χ2v) is 2.81. The van der Waals surface area contributed by atoms with Crippen molar-refractivity contribution < 1.29 is 9.90 Å². The number of fused-ring (bicyclic) bond motifs is 1. The molecule has 5 nitrogen and oxygen atoms in total. The Morgan fingerprint density at radius 1 is 1.62 bits per heavy atom. The number of carbonyl (C=O) groups is 1. The molecule has 2 aromatic heterocycles. The predicted molar refractivity (Wildman–Crippen MR) is 45.0 cm³/mol. The number of aromatic carboxylic acids is 1.